The van der Waals surface area contributed by atoms with Crippen molar-refractivity contribution in [1.82, 2.24) is 0 Å². The molecule has 0 fully saturated rings. The fourth-order valence-corrected chi connectivity index (χ4v) is 8.90. The Hall–Kier alpha value is -2.55. The van der Waals surface area contributed by atoms with Crippen LogP contribution in [-0.4, -0.2) is 49.3 Å². The first-order valence-electron chi connectivity index (χ1n) is 28.9. The van der Waals surface area contributed by atoms with Crippen LogP contribution in [0.5, 0.6) is 0 Å². The lowest BCUT2D eigenvalue weighted by Crippen LogP contribution is -2.29. The molecule has 0 aromatic carbocycles. The van der Waals surface area contributed by atoms with Crippen molar-refractivity contribution in [3.8, 4) is 0 Å². The highest BCUT2D eigenvalue weighted by molar-refractivity contribution is 7.47. The van der Waals surface area contributed by atoms with Crippen molar-refractivity contribution in [3.05, 3.63) is 72.9 Å². The van der Waals surface area contributed by atoms with Gasteiger partial charge in [0.15, 0.2) is 6.10 Å². The topological polar surface area (TPSA) is 134 Å². The molecule has 0 aliphatic rings. The molecule has 0 aliphatic heterocycles. The van der Waals surface area contributed by atoms with Gasteiger partial charge in [0, 0.05) is 19.4 Å². The Morgan fingerprint density at radius 1 is 0.443 bits per heavy atom. The molecule has 0 saturated heterocycles. The van der Waals surface area contributed by atoms with E-state index in [2.05, 4.69) is 74.6 Å². The van der Waals surface area contributed by atoms with Gasteiger partial charge >= 0.3 is 19.8 Å². The van der Waals surface area contributed by atoms with Gasteiger partial charge in [-0.2, -0.15) is 0 Å². The predicted molar refractivity (Wildman–Crippen MR) is 298 cm³/mol. The number of unbranched alkanes of at least 4 members (excludes halogenated alkanes) is 29. The van der Waals surface area contributed by atoms with Crippen LogP contribution >= 0.6 is 7.82 Å². The molecule has 9 nitrogen and oxygen atoms in total. The van der Waals surface area contributed by atoms with Crippen molar-refractivity contribution < 1.29 is 37.6 Å². The monoisotopic (exact) mass is 1000 g/mol. The fraction of sp³-hybridized carbons (Fsp3) is 0.767. The van der Waals surface area contributed by atoms with Gasteiger partial charge in [-0.05, 0) is 51.4 Å². The van der Waals surface area contributed by atoms with Gasteiger partial charge in [-0.1, -0.05) is 273 Å². The predicted octanol–water partition coefficient (Wildman–Crippen LogP) is 18.1. The number of carbonyl (C=O) groups is 2. The Morgan fingerprint density at radius 2 is 0.786 bits per heavy atom. The van der Waals surface area contributed by atoms with Crippen molar-refractivity contribution in [2.45, 2.75) is 270 Å². The van der Waals surface area contributed by atoms with Gasteiger partial charge < -0.3 is 20.1 Å². The Bertz CT molecular complexity index is 1370. The summed E-state index contributed by atoms with van der Waals surface area (Å²) in [5.41, 5.74) is 5.37. The molecular formula is C60H108NO8P. The average Bonchev–Trinajstić information content (AvgIpc) is 3.35. The molecule has 406 valence electrons. The summed E-state index contributed by atoms with van der Waals surface area (Å²) in [7, 11) is -4.41. The molecule has 0 aromatic rings. The maximum atomic E-state index is 12.6. The van der Waals surface area contributed by atoms with Crippen molar-refractivity contribution in [2.75, 3.05) is 26.4 Å². The van der Waals surface area contributed by atoms with E-state index in [0.29, 0.717) is 6.42 Å². The number of hydrogen-bond acceptors (Lipinski definition) is 8. The van der Waals surface area contributed by atoms with Crippen LogP contribution in [0.15, 0.2) is 72.9 Å². The number of ether oxygens (including phenoxy) is 2. The summed E-state index contributed by atoms with van der Waals surface area (Å²) in [5.74, 6) is -0.920. The van der Waals surface area contributed by atoms with Crippen LogP contribution in [0.4, 0.5) is 0 Å². The molecule has 3 N–H and O–H groups in total. The first-order chi connectivity index (χ1) is 34.3. The van der Waals surface area contributed by atoms with Crippen LogP contribution in [-0.2, 0) is 32.7 Å². The molecule has 2 unspecified atom stereocenters. The molecular weight excluding hydrogens is 894 g/mol. The Labute approximate surface area is 431 Å². The second-order valence-corrected chi connectivity index (χ2v) is 20.6. The second-order valence-electron chi connectivity index (χ2n) is 19.1. The average molecular weight is 1000 g/mol. The van der Waals surface area contributed by atoms with E-state index in [1.807, 2.05) is 12.2 Å². The van der Waals surface area contributed by atoms with E-state index in [9.17, 15) is 19.0 Å². The number of phosphoric ester groups is 1. The Balaban J connectivity index is 3.97. The lowest BCUT2D eigenvalue weighted by molar-refractivity contribution is -0.161. The van der Waals surface area contributed by atoms with Gasteiger partial charge in [-0.15, -0.1) is 0 Å². The Kier molecular flexibility index (Phi) is 53.7. The van der Waals surface area contributed by atoms with Crippen LogP contribution in [0.1, 0.15) is 264 Å². The molecule has 0 aromatic heterocycles. The van der Waals surface area contributed by atoms with Crippen molar-refractivity contribution in [1.29, 1.82) is 0 Å². The molecule has 0 aliphatic carbocycles. The number of nitrogens with two attached hydrogens (primary N) is 1. The summed E-state index contributed by atoms with van der Waals surface area (Å²) in [6, 6.07) is 0. The highest BCUT2D eigenvalue weighted by Crippen LogP contribution is 2.43. The minimum Gasteiger partial charge on any atom is -0.462 e. The lowest BCUT2D eigenvalue weighted by atomic mass is 10.0. The molecule has 0 amide bonds. The first kappa shape index (κ1) is 67.5. The lowest BCUT2D eigenvalue weighted by Gasteiger charge is -2.19. The molecule has 0 spiro atoms. The highest BCUT2D eigenvalue weighted by atomic mass is 31.2. The SMILES string of the molecule is CC/C=C\C/C=C\C/C=C\C/C=C\C/C=C\C/C=C\CCC(=O)OC(COC(=O)CCCCCCCCCCCCCCCCCCCCCCCCCCCCCCCC)COP(=O)(O)OCCN. The van der Waals surface area contributed by atoms with Crippen LogP contribution in [0.25, 0.3) is 0 Å². The van der Waals surface area contributed by atoms with Crippen molar-refractivity contribution in [3.63, 3.8) is 0 Å². The second kappa shape index (κ2) is 55.8. The third-order valence-corrected chi connectivity index (χ3v) is 13.4. The van der Waals surface area contributed by atoms with Gasteiger partial charge in [0.2, 0.25) is 0 Å². The molecule has 0 radical (unpaired) electrons. The van der Waals surface area contributed by atoms with Gasteiger partial charge in [-0.25, -0.2) is 4.57 Å². The van der Waals surface area contributed by atoms with Gasteiger partial charge in [0.1, 0.15) is 6.61 Å². The summed E-state index contributed by atoms with van der Waals surface area (Å²) >= 11 is 0. The zero-order valence-electron chi connectivity index (χ0n) is 45.2. The Morgan fingerprint density at radius 3 is 1.14 bits per heavy atom. The first-order valence-corrected chi connectivity index (χ1v) is 30.4. The minimum atomic E-state index is -4.41. The molecule has 0 heterocycles. The third kappa shape index (κ3) is 54.8. The molecule has 0 bridgehead atoms. The molecule has 0 saturated carbocycles. The zero-order valence-corrected chi connectivity index (χ0v) is 46.1. The highest BCUT2D eigenvalue weighted by Gasteiger charge is 2.26. The van der Waals surface area contributed by atoms with Crippen molar-refractivity contribution >= 4 is 19.8 Å². The molecule has 0 rings (SSSR count). The van der Waals surface area contributed by atoms with Crippen LogP contribution in [0.3, 0.4) is 0 Å². The van der Waals surface area contributed by atoms with Crippen LogP contribution in [0.2, 0.25) is 0 Å². The number of esters is 2. The van der Waals surface area contributed by atoms with E-state index < -0.39 is 32.5 Å². The standard InChI is InChI=1S/C60H108NO8P/c1-3-5-7-9-11-13-15-17-19-21-23-24-25-26-27-28-29-30-31-32-33-35-36-38-40-42-44-46-48-50-52-59(62)66-56-58(57-68-70(64,65)67-55-54-61)69-60(63)53-51-49-47-45-43-41-39-37-34-22-20-18-16-14-12-10-8-6-4-2/h6,8,12,14,18,20,34,37,41,43,47,49,58H,3-5,7,9-11,13,15-17,19,21-33,35-36,38-40,42,44-46,48,50-57,61H2,1-2H3,(H,64,65)/b8-6-,14-12-,20-18-,37-34-,43-41-,49-47-. The van der Waals surface area contributed by atoms with E-state index in [-0.39, 0.29) is 32.6 Å². The molecule has 70 heavy (non-hydrogen) atoms. The number of allylic oxidation sites excluding steroid dienone is 12. The summed E-state index contributed by atoms with van der Waals surface area (Å²) in [5, 5.41) is 0. The van der Waals surface area contributed by atoms with Crippen LogP contribution in [0, 0.1) is 0 Å². The fourth-order valence-electron chi connectivity index (χ4n) is 8.13. The molecule has 2 atom stereocenters. The summed E-state index contributed by atoms with van der Waals surface area (Å²) < 4.78 is 32.9. The van der Waals surface area contributed by atoms with E-state index in [4.69, 9.17) is 24.3 Å². The number of phosphoric acid groups is 1. The van der Waals surface area contributed by atoms with E-state index in [0.717, 1.165) is 57.8 Å². The summed E-state index contributed by atoms with van der Waals surface area (Å²) in [6.45, 7) is 3.57. The third-order valence-electron chi connectivity index (χ3n) is 12.4. The maximum Gasteiger partial charge on any atom is 0.472 e. The van der Waals surface area contributed by atoms with E-state index >= 15 is 0 Å². The van der Waals surface area contributed by atoms with Gasteiger partial charge in [-0.3, -0.25) is 18.6 Å². The van der Waals surface area contributed by atoms with Gasteiger partial charge in [0.25, 0.3) is 0 Å². The number of rotatable bonds is 54. The van der Waals surface area contributed by atoms with Crippen LogP contribution < -0.4 is 5.73 Å². The number of carbonyl (C=O) groups excluding carboxylic acids is 2. The van der Waals surface area contributed by atoms with Crippen molar-refractivity contribution in [2.24, 2.45) is 5.73 Å². The van der Waals surface area contributed by atoms with E-state index in [1.54, 1.807) is 0 Å². The smallest absolute Gasteiger partial charge is 0.462 e. The summed E-state index contributed by atoms with van der Waals surface area (Å²) in [6.07, 6.45) is 71.4. The van der Waals surface area contributed by atoms with Gasteiger partial charge in [0.05, 0.1) is 13.2 Å². The minimum absolute atomic E-state index is 0.0399. The molecule has 10 heteroatoms. The summed E-state index contributed by atoms with van der Waals surface area (Å²) in [4.78, 5) is 35.1. The maximum absolute atomic E-state index is 12.6. The van der Waals surface area contributed by atoms with E-state index in [1.165, 1.54) is 173 Å². The largest absolute Gasteiger partial charge is 0.472 e. The zero-order chi connectivity index (χ0) is 51.0. The quantitative estimate of drug-likeness (QED) is 0.0264. The normalized spacial score (nSPS) is 13.6. The number of hydrogen-bond donors (Lipinski definition) is 2.